The van der Waals surface area contributed by atoms with E-state index in [1.807, 2.05) is 0 Å². The Morgan fingerprint density at radius 2 is 2.36 bits per heavy atom. The molecule has 0 bridgehead atoms. The molecule has 0 saturated heterocycles. The molecule has 2 aromatic heterocycles. The summed E-state index contributed by atoms with van der Waals surface area (Å²) >= 11 is 0. The molecule has 0 amide bonds. The van der Waals surface area contributed by atoms with E-state index in [-0.39, 0.29) is 0 Å². The molecule has 2 heterocycles. The molecule has 72 valence electrons. The summed E-state index contributed by atoms with van der Waals surface area (Å²) in [4.78, 5) is 19.0. The summed E-state index contributed by atoms with van der Waals surface area (Å²) in [6.07, 6.45) is 2.34. The van der Waals surface area contributed by atoms with Crippen molar-refractivity contribution in [1.29, 1.82) is 0 Å². The van der Waals surface area contributed by atoms with Gasteiger partial charge in [0.25, 0.3) is 0 Å². The van der Waals surface area contributed by atoms with Gasteiger partial charge in [-0.25, -0.2) is 14.4 Å². The van der Waals surface area contributed by atoms with E-state index in [0.29, 0.717) is 23.0 Å². The summed E-state index contributed by atoms with van der Waals surface area (Å²) in [6, 6.07) is 1.68. The number of carbonyl (C=O) groups is 1. The Bertz CT molecular complexity index is 490. The van der Waals surface area contributed by atoms with Crippen molar-refractivity contribution in [2.24, 2.45) is 0 Å². The first-order chi connectivity index (χ1) is 6.77. The summed E-state index contributed by atoms with van der Waals surface area (Å²) in [6.45, 7) is 1.76. The molecular weight excluding hydrogens is 182 g/mol. The van der Waals surface area contributed by atoms with E-state index in [1.54, 1.807) is 30.7 Å². The fourth-order valence-electron chi connectivity index (χ4n) is 1.37. The maximum absolute atomic E-state index is 10.8. The smallest absolute Gasteiger partial charge is 0.237 e. The number of ether oxygens (including phenoxy) is 1. The van der Waals surface area contributed by atoms with Gasteiger partial charge in [0.15, 0.2) is 6.29 Å². The highest BCUT2D eigenvalue weighted by molar-refractivity contribution is 5.76. The van der Waals surface area contributed by atoms with E-state index in [9.17, 15) is 4.79 Å². The number of fused-ring (bicyclic) bond motifs is 1. The van der Waals surface area contributed by atoms with Crippen LogP contribution in [0.2, 0.25) is 0 Å². The van der Waals surface area contributed by atoms with Crippen molar-refractivity contribution in [3.05, 3.63) is 23.7 Å². The fourth-order valence-corrected chi connectivity index (χ4v) is 1.37. The Hall–Kier alpha value is -1.91. The van der Waals surface area contributed by atoms with Crippen LogP contribution in [0, 0.1) is 6.92 Å². The number of hydrogen-bond acceptors (Lipinski definition) is 4. The van der Waals surface area contributed by atoms with Crippen molar-refractivity contribution in [2.75, 3.05) is 7.11 Å². The van der Waals surface area contributed by atoms with E-state index in [1.165, 1.54) is 0 Å². The normalized spacial score (nSPS) is 10.4. The topological polar surface area (TPSA) is 56.5 Å². The Balaban J connectivity index is 2.89. The summed E-state index contributed by atoms with van der Waals surface area (Å²) in [5.74, 6) is 1.03. The number of imidazole rings is 1. The van der Waals surface area contributed by atoms with Crippen molar-refractivity contribution in [2.45, 2.75) is 6.92 Å². The largest absolute Gasteiger partial charge is 0.482 e. The van der Waals surface area contributed by atoms with Crippen LogP contribution in [-0.4, -0.2) is 27.8 Å². The Kier molecular flexibility index (Phi) is 1.92. The van der Waals surface area contributed by atoms with Crippen LogP contribution in [-0.2, 0) is 0 Å². The second-order valence-electron chi connectivity index (χ2n) is 2.82. The molecule has 2 aromatic rings. The minimum Gasteiger partial charge on any atom is -0.482 e. The molecular formula is C9H9N3O2. The van der Waals surface area contributed by atoms with Crippen LogP contribution in [0.1, 0.15) is 16.2 Å². The summed E-state index contributed by atoms with van der Waals surface area (Å²) in [5.41, 5.74) is 1.13. The van der Waals surface area contributed by atoms with Gasteiger partial charge in [0.1, 0.15) is 5.69 Å². The average Bonchev–Trinajstić information content (AvgIpc) is 2.52. The standard InChI is InChI=1S/C9H9N3O2/c1-6-7(5-13)12-8(14-2)3-4-10-9(12)11-6/h3-5H,1-2H3. The Labute approximate surface area is 80.4 Å². The third-order valence-corrected chi connectivity index (χ3v) is 2.03. The molecule has 0 saturated carbocycles. The molecule has 0 unspecified atom stereocenters. The van der Waals surface area contributed by atoms with Crippen LogP contribution >= 0.6 is 0 Å². The summed E-state index contributed by atoms with van der Waals surface area (Å²) in [5, 5.41) is 0. The maximum atomic E-state index is 10.8. The molecule has 0 aliphatic heterocycles. The number of aldehydes is 1. The van der Waals surface area contributed by atoms with E-state index in [4.69, 9.17) is 4.74 Å². The minimum atomic E-state index is 0.476. The van der Waals surface area contributed by atoms with Crippen molar-refractivity contribution >= 4 is 12.1 Å². The van der Waals surface area contributed by atoms with E-state index in [0.717, 1.165) is 6.29 Å². The van der Waals surface area contributed by atoms with Gasteiger partial charge in [-0.15, -0.1) is 0 Å². The summed E-state index contributed by atoms with van der Waals surface area (Å²) in [7, 11) is 1.54. The van der Waals surface area contributed by atoms with Gasteiger partial charge in [0, 0.05) is 12.3 Å². The molecule has 0 aromatic carbocycles. The second kappa shape index (κ2) is 3.10. The quantitative estimate of drug-likeness (QED) is 0.660. The van der Waals surface area contributed by atoms with Gasteiger partial charge in [-0.1, -0.05) is 0 Å². The van der Waals surface area contributed by atoms with Crippen LogP contribution in [0.5, 0.6) is 5.88 Å². The van der Waals surface area contributed by atoms with Gasteiger partial charge in [-0.05, 0) is 6.92 Å². The lowest BCUT2D eigenvalue weighted by Gasteiger charge is -2.02. The van der Waals surface area contributed by atoms with E-state index < -0.39 is 0 Å². The number of methoxy groups -OCH3 is 1. The first-order valence-electron chi connectivity index (χ1n) is 4.11. The molecule has 5 heteroatoms. The number of hydrogen-bond donors (Lipinski definition) is 0. The number of nitrogens with zero attached hydrogens (tertiary/aromatic N) is 3. The predicted octanol–water partition coefficient (Wildman–Crippen LogP) is 0.859. The Morgan fingerprint density at radius 1 is 1.57 bits per heavy atom. The zero-order chi connectivity index (χ0) is 10.1. The molecule has 0 fully saturated rings. The monoisotopic (exact) mass is 191 g/mol. The first kappa shape index (κ1) is 8.68. The number of aryl methyl sites for hydroxylation is 1. The van der Waals surface area contributed by atoms with E-state index >= 15 is 0 Å². The van der Waals surface area contributed by atoms with Crippen molar-refractivity contribution in [3.63, 3.8) is 0 Å². The lowest BCUT2D eigenvalue weighted by atomic mass is 10.4. The van der Waals surface area contributed by atoms with Gasteiger partial charge in [0.2, 0.25) is 11.7 Å². The highest BCUT2D eigenvalue weighted by Crippen LogP contribution is 2.16. The zero-order valence-corrected chi connectivity index (χ0v) is 7.89. The molecule has 5 nitrogen and oxygen atoms in total. The van der Waals surface area contributed by atoms with Gasteiger partial charge in [-0.3, -0.25) is 4.79 Å². The number of carbonyl (C=O) groups excluding carboxylic acids is 1. The van der Waals surface area contributed by atoms with Crippen molar-refractivity contribution < 1.29 is 9.53 Å². The first-order valence-corrected chi connectivity index (χ1v) is 4.11. The van der Waals surface area contributed by atoms with Crippen LogP contribution < -0.4 is 4.74 Å². The van der Waals surface area contributed by atoms with Gasteiger partial charge in [-0.2, -0.15) is 0 Å². The maximum Gasteiger partial charge on any atom is 0.237 e. The lowest BCUT2D eigenvalue weighted by molar-refractivity contribution is 0.111. The van der Waals surface area contributed by atoms with Gasteiger partial charge >= 0.3 is 0 Å². The fraction of sp³-hybridized carbons (Fsp3) is 0.222. The molecule has 2 rings (SSSR count). The highest BCUT2D eigenvalue weighted by Gasteiger charge is 2.11. The van der Waals surface area contributed by atoms with Crippen LogP contribution in [0.25, 0.3) is 5.78 Å². The van der Waals surface area contributed by atoms with Crippen molar-refractivity contribution in [1.82, 2.24) is 14.4 Å². The molecule has 14 heavy (non-hydrogen) atoms. The van der Waals surface area contributed by atoms with Gasteiger partial charge < -0.3 is 4.74 Å². The molecule has 0 spiro atoms. The highest BCUT2D eigenvalue weighted by atomic mass is 16.5. The Morgan fingerprint density at radius 3 is 3.00 bits per heavy atom. The minimum absolute atomic E-state index is 0.476. The van der Waals surface area contributed by atoms with Crippen molar-refractivity contribution in [3.8, 4) is 5.88 Å². The van der Waals surface area contributed by atoms with Crippen LogP contribution in [0.4, 0.5) is 0 Å². The molecule has 0 radical (unpaired) electrons. The molecule has 0 N–H and O–H groups in total. The molecule has 0 atom stereocenters. The van der Waals surface area contributed by atoms with Crippen LogP contribution in [0.3, 0.4) is 0 Å². The number of rotatable bonds is 2. The lowest BCUT2D eigenvalue weighted by Crippen LogP contribution is -1.99. The van der Waals surface area contributed by atoms with Gasteiger partial charge in [0.05, 0.1) is 12.8 Å². The third kappa shape index (κ3) is 1.06. The van der Waals surface area contributed by atoms with Crippen LogP contribution in [0.15, 0.2) is 12.3 Å². The van der Waals surface area contributed by atoms with E-state index in [2.05, 4.69) is 9.97 Å². The molecule has 0 aliphatic rings. The average molecular weight is 191 g/mol. The zero-order valence-electron chi connectivity index (χ0n) is 7.89. The predicted molar refractivity (Wildman–Crippen MR) is 49.7 cm³/mol. The SMILES string of the molecule is COc1ccnc2nc(C)c(C=O)n12. The molecule has 0 aliphatic carbocycles. The summed E-state index contributed by atoms with van der Waals surface area (Å²) < 4.78 is 6.69. The second-order valence-corrected chi connectivity index (χ2v) is 2.82. The third-order valence-electron chi connectivity index (χ3n) is 2.03. The number of aromatic nitrogens is 3.